The first kappa shape index (κ1) is 29.8. The lowest BCUT2D eigenvalue weighted by molar-refractivity contribution is -0.140. The Kier molecular flexibility index (Phi) is 9.47. The van der Waals surface area contributed by atoms with E-state index in [1.807, 2.05) is 43.9 Å². The number of nitrogens with zero attached hydrogens (tertiary/aromatic N) is 2. The van der Waals surface area contributed by atoms with Crippen LogP contribution in [0, 0.1) is 5.41 Å². The molecule has 2 N–H and O–H groups in total. The van der Waals surface area contributed by atoms with Gasteiger partial charge in [-0.15, -0.1) is 0 Å². The Morgan fingerprint density at radius 3 is 2.44 bits per heavy atom. The fourth-order valence-corrected chi connectivity index (χ4v) is 4.50. The maximum absolute atomic E-state index is 13.6. The van der Waals surface area contributed by atoms with Gasteiger partial charge in [-0.3, -0.25) is 9.59 Å². The van der Waals surface area contributed by atoms with Crippen molar-refractivity contribution < 1.29 is 32.3 Å². The minimum Gasteiger partial charge on any atom is -0.453 e. The molecule has 3 amide bonds. The van der Waals surface area contributed by atoms with Gasteiger partial charge in [0.15, 0.2) is 0 Å². The fraction of sp³-hybridized carbons (Fsp3) is 0.464. The molecule has 0 bridgehead atoms. The summed E-state index contributed by atoms with van der Waals surface area (Å²) in [5, 5.41) is 5.60. The largest absolute Gasteiger partial charge is 0.453 e. The summed E-state index contributed by atoms with van der Waals surface area (Å²) >= 11 is 0. The van der Waals surface area contributed by atoms with Crippen molar-refractivity contribution in [3.05, 3.63) is 64.7 Å². The van der Waals surface area contributed by atoms with E-state index in [4.69, 9.17) is 0 Å². The highest BCUT2D eigenvalue weighted by Gasteiger charge is 2.34. The molecule has 3 rings (SSSR count). The number of alkyl carbamates (subject to hydrolysis) is 1. The molecule has 0 spiro atoms. The highest BCUT2D eigenvalue weighted by molar-refractivity contribution is 5.83. The van der Waals surface area contributed by atoms with Crippen LogP contribution in [-0.4, -0.2) is 61.0 Å². The van der Waals surface area contributed by atoms with E-state index in [9.17, 15) is 27.6 Å². The summed E-state index contributed by atoms with van der Waals surface area (Å²) < 4.78 is 45.2. The average molecular weight is 549 g/mol. The zero-order chi connectivity index (χ0) is 28.8. The second-order valence-electron chi connectivity index (χ2n) is 10.4. The van der Waals surface area contributed by atoms with Crippen LogP contribution in [0.25, 0.3) is 0 Å². The summed E-state index contributed by atoms with van der Waals surface area (Å²) in [5.41, 5.74) is 1.38. The number of amides is 3. The summed E-state index contributed by atoms with van der Waals surface area (Å²) in [4.78, 5) is 40.5. The molecule has 1 heterocycles. The molecule has 8 nitrogen and oxygen atoms in total. The highest BCUT2D eigenvalue weighted by atomic mass is 19.4. The molecule has 11 heteroatoms. The van der Waals surface area contributed by atoms with Gasteiger partial charge in [0.2, 0.25) is 11.8 Å². The number of methoxy groups -OCH3 is 1. The van der Waals surface area contributed by atoms with Gasteiger partial charge in [-0.2, -0.15) is 13.2 Å². The van der Waals surface area contributed by atoms with Gasteiger partial charge >= 0.3 is 12.3 Å². The van der Waals surface area contributed by atoms with Crippen molar-refractivity contribution in [2.45, 2.75) is 46.5 Å². The van der Waals surface area contributed by atoms with Crippen LogP contribution in [0.15, 0.2) is 42.5 Å². The Morgan fingerprint density at radius 2 is 1.77 bits per heavy atom. The van der Waals surface area contributed by atoms with Gasteiger partial charge in [-0.05, 0) is 35.2 Å². The van der Waals surface area contributed by atoms with Crippen molar-refractivity contribution in [3.63, 3.8) is 0 Å². The molecule has 0 unspecified atom stereocenters. The Labute approximate surface area is 226 Å². The van der Waals surface area contributed by atoms with Crippen LogP contribution >= 0.6 is 0 Å². The normalized spacial score (nSPS) is 13.4. The molecule has 0 saturated heterocycles. The molecule has 0 atom stereocenters. The molecule has 0 aromatic heterocycles. The van der Waals surface area contributed by atoms with Gasteiger partial charge in [0.25, 0.3) is 0 Å². The monoisotopic (exact) mass is 548 g/mol. The second-order valence-corrected chi connectivity index (χ2v) is 10.4. The van der Waals surface area contributed by atoms with Crippen molar-refractivity contribution >= 4 is 23.6 Å². The lowest BCUT2D eigenvalue weighted by atomic mass is 9.91. The molecule has 0 aliphatic carbocycles. The average Bonchev–Trinajstić information content (AvgIpc) is 2.89. The smallest absolute Gasteiger partial charge is 0.416 e. The third-order valence-corrected chi connectivity index (χ3v) is 6.50. The number of hydrogen-bond donors (Lipinski definition) is 2. The number of anilines is 1. The minimum absolute atomic E-state index is 0.00493. The van der Waals surface area contributed by atoms with Gasteiger partial charge in [0, 0.05) is 43.8 Å². The van der Waals surface area contributed by atoms with E-state index in [1.165, 1.54) is 30.2 Å². The Balaban J connectivity index is 1.74. The lowest BCUT2D eigenvalue weighted by Gasteiger charge is -2.34. The van der Waals surface area contributed by atoms with E-state index in [1.54, 1.807) is 0 Å². The molecule has 1 aliphatic rings. The molecule has 39 heavy (non-hydrogen) atoms. The van der Waals surface area contributed by atoms with E-state index >= 15 is 0 Å². The zero-order valence-corrected chi connectivity index (χ0v) is 22.7. The molecule has 0 radical (unpaired) electrons. The van der Waals surface area contributed by atoms with Gasteiger partial charge < -0.3 is 25.2 Å². The van der Waals surface area contributed by atoms with Crippen LogP contribution in [0.4, 0.5) is 23.7 Å². The summed E-state index contributed by atoms with van der Waals surface area (Å²) in [7, 11) is 1.19. The van der Waals surface area contributed by atoms with E-state index in [0.717, 1.165) is 22.9 Å². The quantitative estimate of drug-likeness (QED) is 0.509. The number of carbonyl (C=O) groups excluding carboxylic acids is 3. The van der Waals surface area contributed by atoms with E-state index in [0.29, 0.717) is 19.5 Å². The van der Waals surface area contributed by atoms with Crippen LogP contribution in [-0.2, 0) is 40.0 Å². The number of fused-ring (bicyclic) bond motifs is 1. The maximum Gasteiger partial charge on any atom is 0.416 e. The third-order valence-electron chi connectivity index (χ3n) is 6.50. The van der Waals surface area contributed by atoms with Gasteiger partial charge in [-0.25, -0.2) is 4.79 Å². The van der Waals surface area contributed by atoms with Crippen LogP contribution < -0.4 is 10.6 Å². The molecule has 0 saturated carbocycles. The lowest BCUT2D eigenvalue weighted by Crippen LogP contribution is -2.42. The maximum atomic E-state index is 13.6. The van der Waals surface area contributed by atoms with E-state index in [2.05, 4.69) is 15.4 Å². The molecular formula is C28H35F3N4O4. The van der Waals surface area contributed by atoms with E-state index in [-0.39, 0.29) is 37.6 Å². The van der Waals surface area contributed by atoms with Gasteiger partial charge in [0.1, 0.15) is 0 Å². The molecule has 2 aromatic carbocycles. The Morgan fingerprint density at radius 1 is 1.05 bits per heavy atom. The number of carbonyl (C=O) groups is 3. The third kappa shape index (κ3) is 7.87. The number of rotatable bonds is 8. The van der Waals surface area contributed by atoms with Crippen LogP contribution in [0.1, 0.15) is 43.0 Å². The zero-order valence-electron chi connectivity index (χ0n) is 22.7. The molecule has 212 valence electrons. The number of alkyl halides is 3. The first-order chi connectivity index (χ1) is 18.3. The number of halogens is 3. The summed E-state index contributed by atoms with van der Waals surface area (Å²) in [6.45, 7) is 6.21. The number of nitrogens with one attached hydrogen (secondary N) is 2. The van der Waals surface area contributed by atoms with Gasteiger partial charge in [0.05, 0.1) is 19.2 Å². The number of benzene rings is 2. The fourth-order valence-electron chi connectivity index (χ4n) is 4.50. The first-order valence-corrected chi connectivity index (χ1v) is 12.7. The SMILES string of the molecule is COC(=O)NCCN(Cc1ccccc1C(F)(F)F)C(=O)CNc1cccc2c1CCN(C(=O)C(C)(C)C)C2. The highest BCUT2D eigenvalue weighted by Crippen LogP contribution is 2.33. The van der Waals surface area contributed by atoms with Crippen LogP contribution in [0.2, 0.25) is 0 Å². The minimum atomic E-state index is -4.57. The van der Waals surface area contributed by atoms with Crippen molar-refractivity contribution in [1.82, 2.24) is 15.1 Å². The standard InChI is InChI=1S/C28H35F3N4O4/c1-27(2,3)25(37)35-14-12-21-19(17-35)9-7-11-23(21)33-16-24(36)34(15-13-32-26(38)39-4)18-20-8-5-6-10-22(20)28(29,30)31/h5-11,33H,12-18H2,1-4H3,(H,32,38). The number of hydrogen-bond acceptors (Lipinski definition) is 5. The topological polar surface area (TPSA) is 91.0 Å². The number of ether oxygens (including phenoxy) is 1. The Bertz CT molecular complexity index is 1190. The van der Waals surface area contributed by atoms with Crippen molar-refractivity contribution in [2.75, 3.05) is 38.6 Å². The molecule has 2 aromatic rings. The Hall–Kier alpha value is -3.76. The van der Waals surface area contributed by atoms with Crippen molar-refractivity contribution in [2.24, 2.45) is 5.41 Å². The van der Waals surface area contributed by atoms with E-state index < -0.39 is 29.2 Å². The predicted molar refractivity (Wildman–Crippen MR) is 141 cm³/mol. The van der Waals surface area contributed by atoms with Gasteiger partial charge in [-0.1, -0.05) is 51.1 Å². The van der Waals surface area contributed by atoms with Crippen LogP contribution in [0.3, 0.4) is 0 Å². The summed E-state index contributed by atoms with van der Waals surface area (Å²) in [6.07, 6.45) is -4.66. The molecule has 0 fully saturated rings. The summed E-state index contributed by atoms with van der Waals surface area (Å²) in [5.74, 6) is -0.367. The summed E-state index contributed by atoms with van der Waals surface area (Å²) in [6, 6.07) is 10.7. The second kappa shape index (κ2) is 12.4. The first-order valence-electron chi connectivity index (χ1n) is 12.7. The van der Waals surface area contributed by atoms with Crippen LogP contribution in [0.5, 0.6) is 0 Å². The van der Waals surface area contributed by atoms with Crippen molar-refractivity contribution in [3.8, 4) is 0 Å². The molecule has 1 aliphatic heterocycles. The predicted octanol–water partition coefficient (Wildman–Crippen LogP) is 4.43. The molecular weight excluding hydrogens is 513 g/mol. The van der Waals surface area contributed by atoms with Crippen molar-refractivity contribution in [1.29, 1.82) is 0 Å².